The smallest absolute Gasteiger partial charge is 0.267 e. The maximum Gasteiger partial charge on any atom is 0.267 e. The van der Waals surface area contributed by atoms with E-state index < -0.39 is 0 Å². The Bertz CT molecular complexity index is 795. The van der Waals surface area contributed by atoms with E-state index in [0.717, 1.165) is 30.9 Å². The summed E-state index contributed by atoms with van der Waals surface area (Å²) in [6, 6.07) is 12.8. The minimum atomic E-state index is -0.284. The van der Waals surface area contributed by atoms with Crippen molar-refractivity contribution in [1.29, 1.82) is 0 Å². The first-order valence-corrected chi connectivity index (χ1v) is 11.2. The Morgan fingerprint density at radius 1 is 1.00 bits per heavy atom. The third-order valence-electron chi connectivity index (χ3n) is 4.99. The maximum absolute atomic E-state index is 12.7. The SMILES string of the molecule is O=C(NCCCN1CCCCCC1)/C(=C/c1cccs1)NC(=O)c1ccccc1. The van der Waals surface area contributed by atoms with Crippen molar-refractivity contribution in [2.24, 2.45) is 0 Å². The number of carbonyl (C=O) groups excluding carboxylic acids is 2. The van der Waals surface area contributed by atoms with Gasteiger partial charge in [-0.05, 0) is 68.6 Å². The average molecular weight is 412 g/mol. The summed E-state index contributed by atoms with van der Waals surface area (Å²) in [6.45, 7) is 3.91. The van der Waals surface area contributed by atoms with Gasteiger partial charge in [0.1, 0.15) is 5.70 Å². The van der Waals surface area contributed by atoms with Gasteiger partial charge in [0.2, 0.25) is 0 Å². The molecule has 2 heterocycles. The Balaban J connectivity index is 1.55. The molecule has 0 atom stereocenters. The van der Waals surface area contributed by atoms with Crippen molar-refractivity contribution in [2.45, 2.75) is 32.1 Å². The molecule has 0 unspecified atom stereocenters. The minimum absolute atomic E-state index is 0.251. The van der Waals surface area contributed by atoms with Gasteiger partial charge in [-0.25, -0.2) is 0 Å². The van der Waals surface area contributed by atoms with Gasteiger partial charge in [0.15, 0.2) is 0 Å². The first-order chi connectivity index (χ1) is 14.2. The van der Waals surface area contributed by atoms with Crippen LogP contribution in [0.5, 0.6) is 0 Å². The molecule has 1 aliphatic heterocycles. The lowest BCUT2D eigenvalue weighted by molar-refractivity contribution is -0.117. The van der Waals surface area contributed by atoms with E-state index in [0.29, 0.717) is 12.1 Å². The maximum atomic E-state index is 12.7. The van der Waals surface area contributed by atoms with E-state index in [1.807, 2.05) is 23.6 Å². The quantitative estimate of drug-likeness (QED) is 0.512. The molecule has 0 bridgehead atoms. The van der Waals surface area contributed by atoms with Crippen LogP contribution in [-0.4, -0.2) is 42.9 Å². The summed E-state index contributed by atoms with van der Waals surface area (Å²) in [5, 5.41) is 7.69. The second-order valence-electron chi connectivity index (χ2n) is 7.26. The zero-order valence-electron chi connectivity index (χ0n) is 16.7. The summed E-state index contributed by atoms with van der Waals surface area (Å²) in [7, 11) is 0. The third kappa shape index (κ3) is 7.15. The fourth-order valence-electron chi connectivity index (χ4n) is 3.42. The van der Waals surface area contributed by atoms with Gasteiger partial charge in [-0.2, -0.15) is 0 Å². The lowest BCUT2D eigenvalue weighted by atomic mass is 10.2. The number of nitrogens with one attached hydrogen (secondary N) is 2. The van der Waals surface area contributed by atoms with Gasteiger partial charge in [-0.1, -0.05) is 37.1 Å². The number of hydrogen-bond donors (Lipinski definition) is 2. The van der Waals surface area contributed by atoms with Crippen molar-refractivity contribution < 1.29 is 9.59 Å². The summed E-state index contributed by atoms with van der Waals surface area (Å²) in [4.78, 5) is 28.7. The van der Waals surface area contributed by atoms with Crippen LogP contribution in [0.3, 0.4) is 0 Å². The Morgan fingerprint density at radius 2 is 1.76 bits per heavy atom. The second kappa shape index (κ2) is 11.5. The van der Waals surface area contributed by atoms with Crippen LogP contribution in [0.25, 0.3) is 6.08 Å². The number of hydrogen-bond acceptors (Lipinski definition) is 4. The molecule has 6 heteroatoms. The van der Waals surface area contributed by atoms with Crippen LogP contribution < -0.4 is 10.6 Å². The Labute approximate surface area is 176 Å². The molecule has 0 spiro atoms. The molecule has 154 valence electrons. The Kier molecular flexibility index (Phi) is 8.46. The van der Waals surface area contributed by atoms with Crippen molar-refractivity contribution in [3.05, 3.63) is 64.0 Å². The van der Waals surface area contributed by atoms with E-state index >= 15 is 0 Å². The molecule has 2 N–H and O–H groups in total. The molecule has 0 saturated carbocycles. The van der Waals surface area contributed by atoms with Gasteiger partial charge in [0, 0.05) is 17.0 Å². The lowest BCUT2D eigenvalue weighted by Crippen LogP contribution is -2.36. The topological polar surface area (TPSA) is 61.4 Å². The highest BCUT2D eigenvalue weighted by atomic mass is 32.1. The van der Waals surface area contributed by atoms with E-state index in [2.05, 4.69) is 15.5 Å². The fraction of sp³-hybridized carbons (Fsp3) is 0.391. The fourth-order valence-corrected chi connectivity index (χ4v) is 4.07. The molecule has 2 amide bonds. The number of rotatable bonds is 8. The number of thiophene rings is 1. The van der Waals surface area contributed by atoms with Crippen LogP contribution in [0, 0.1) is 0 Å². The molecule has 3 rings (SSSR count). The number of nitrogens with zero attached hydrogens (tertiary/aromatic N) is 1. The third-order valence-corrected chi connectivity index (χ3v) is 5.81. The molecule has 1 aromatic carbocycles. The van der Waals surface area contributed by atoms with Crippen LogP contribution >= 0.6 is 11.3 Å². The van der Waals surface area contributed by atoms with Gasteiger partial charge >= 0.3 is 0 Å². The molecule has 1 aliphatic rings. The standard InChI is InChI=1S/C23H29N3O2S/c27-22(19-10-4-3-5-11-19)25-21(18-20-12-8-17-29-20)23(28)24-13-9-16-26-14-6-1-2-7-15-26/h3-5,8,10-12,17-18H,1-2,6-7,9,13-16H2,(H,24,28)(H,25,27)/b21-18-. The predicted octanol–water partition coefficient (Wildman–Crippen LogP) is 3.90. The van der Waals surface area contributed by atoms with Crippen LogP contribution in [0.2, 0.25) is 0 Å². The van der Waals surface area contributed by atoms with E-state index in [9.17, 15) is 9.59 Å². The number of amides is 2. The van der Waals surface area contributed by atoms with Gasteiger partial charge in [0.05, 0.1) is 0 Å². The largest absolute Gasteiger partial charge is 0.351 e. The van der Waals surface area contributed by atoms with E-state index in [-0.39, 0.29) is 17.5 Å². The second-order valence-corrected chi connectivity index (χ2v) is 8.24. The zero-order valence-corrected chi connectivity index (χ0v) is 17.5. The molecule has 29 heavy (non-hydrogen) atoms. The highest BCUT2D eigenvalue weighted by Crippen LogP contribution is 2.13. The van der Waals surface area contributed by atoms with Crippen molar-refractivity contribution in [2.75, 3.05) is 26.2 Å². The van der Waals surface area contributed by atoms with Crippen molar-refractivity contribution in [3.63, 3.8) is 0 Å². The van der Waals surface area contributed by atoms with Gasteiger partial charge in [-0.15, -0.1) is 11.3 Å². The van der Waals surface area contributed by atoms with Crippen LogP contribution in [0.1, 0.15) is 47.3 Å². The molecule has 2 aromatic rings. The van der Waals surface area contributed by atoms with E-state index in [4.69, 9.17) is 0 Å². The summed E-state index contributed by atoms with van der Waals surface area (Å²) in [6.07, 6.45) is 7.83. The summed E-state index contributed by atoms with van der Waals surface area (Å²) in [5.41, 5.74) is 0.801. The van der Waals surface area contributed by atoms with Gasteiger partial charge in [-0.3, -0.25) is 9.59 Å². The van der Waals surface area contributed by atoms with Crippen molar-refractivity contribution in [1.82, 2.24) is 15.5 Å². The summed E-state index contributed by atoms with van der Waals surface area (Å²) >= 11 is 1.53. The monoisotopic (exact) mass is 411 g/mol. The number of likely N-dealkylation sites (tertiary alicyclic amines) is 1. The van der Waals surface area contributed by atoms with E-state index in [1.165, 1.54) is 37.0 Å². The van der Waals surface area contributed by atoms with Crippen LogP contribution in [-0.2, 0) is 4.79 Å². The highest BCUT2D eigenvalue weighted by Gasteiger charge is 2.15. The van der Waals surface area contributed by atoms with Crippen LogP contribution in [0.15, 0.2) is 53.5 Å². The molecule has 1 saturated heterocycles. The normalized spacial score (nSPS) is 15.5. The molecule has 0 aliphatic carbocycles. The highest BCUT2D eigenvalue weighted by molar-refractivity contribution is 7.10. The van der Waals surface area contributed by atoms with Crippen molar-refractivity contribution >= 4 is 29.2 Å². The first kappa shape index (κ1) is 21.3. The lowest BCUT2D eigenvalue weighted by Gasteiger charge is -2.19. The Morgan fingerprint density at radius 3 is 2.45 bits per heavy atom. The molecule has 1 fully saturated rings. The summed E-state index contributed by atoms with van der Waals surface area (Å²) in [5.74, 6) is -0.535. The van der Waals surface area contributed by atoms with Crippen LogP contribution in [0.4, 0.5) is 0 Å². The molecule has 0 radical (unpaired) electrons. The molecule has 5 nitrogen and oxygen atoms in total. The number of benzene rings is 1. The van der Waals surface area contributed by atoms with E-state index in [1.54, 1.807) is 30.3 Å². The van der Waals surface area contributed by atoms with Gasteiger partial charge < -0.3 is 15.5 Å². The predicted molar refractivity (Wildman–Crippen MR) is 119 cm³/mol. The summed E-state index contributed by atoms with van der Waals surface area (Å²) < 4.78 is 0. The molecule has 1 aromatic heterocycles. The van der Waals surface area contributed by atoms with Crippen molar-refractivity contribution in [3.8, 4) is 0 Å². The average Bonchev–Trinajstić information content (AvgIpc) is 3.12. The Hall–Kier alpha value is -2.44. The first-order valence-electron chi connectivity index (χ1n) is 10.3. The zero-order chi connectivity index (χ0) is 20.3. The molecular weight excluding hydrogens is 382 g/mol. The molecular formula is C23H29N3O2S. The van der Waals surface area contributed by atoms with Gasteiger partial charge in [0.25, 0.3) is 11.8 Å². The minimum Gasteiger partial charge on any atom is -0.351 e. The number of carbonyl (C=O) groups is 2.